The highest BCUT2D eigenvalue weighted by Crippen LogP contribution is 2.39. The zero-order chi connectivity index (χ0) is 12.5. The molecule has 1 heterocycles. The first-order valence-electron chi connectivity index (χ1n) is 5.60. The predicted molar refractivity (Wildman–Crippen MR) is 68.2 cm³/mol. The number of hydrogen-bond acceptors (Lipinski definition) is 2. The molecule has 0 radical (unpaired) electrons. The third-order valence-corrected chi connectivity index (χ3v) is 3.84. The molecule has 1 saturated heterocycles. The number of halogens is 1. The van der Waals surface area contributed by atoms with Crippen molar-refractivity contribution < 1.29 is 14.6 Å². The zero-order valence-electron chi connectivity index (χ0n) is 9.70. The van der Waals surface area contributed by atoms with Gasteiger partial charge in [-0.05, 0) is 36.6 Å². The van der Waals surface area contributed by atoms with E-state index in [2.05, 4.69) is 35.0 Å². The van der Waals surface area contributed by atoms with E-state index in [1.165, 1.54) is 11.1 Å². The van der Waals surface area contributed by atoms with Crippen LogP contribution in [0.3, 0.4) is 0 Å². The quantitative estimate of drug-likeness (QED) is 0.930. The van der Waals surface area contributed by atoms with Crippen molar-refractivity contribution in [3.63, 3.8) is 0 Å². The van der Waals surface area contributed by atoms with E-state index in [4.69, 9.17) is 9.84 Å². The molecular weight excluding hydrogens is 284 g/mol. The van der Waals surface area contributed by atoms with Gasteiger partial charge in [0.15, 0.2) is 0 Å². The topological polar surface area (TPSA) is 46.5 Å². The van der Waals surface area contributed by atoms with Crippen LogP contribution in [0.2, 0.25) is 0 Å². The van der Waals surface area contributed by atoms with E-state index in [1.54, 1.807) is 0 Å². The minimum atomic E-state index is -0.746. The van der Waals surface area contributed by atoms with E-state index in [0.717, 1.165) is 4.47 Å². The average molecular weight is 299 g/mol. The van der Waals surface area contributed by atoms with Crippen molar-refractivity contribution in [1.29, 1.82) is 0 Å². The van der Waals surface area contributed by atoms with Crippen LogP contribution in [0.5, 0.6) is 0 Å². The Morgan fingerprint density at radius 1 is 1.53 bits per heavy atom. The van der Waals surface area contributed by atoms with Crippen molar-refractivity contribution in [3.05, 3.63) is 33.8 Å². The lowest BCUT2D eigenvalue weighted by Gasteiger charge is -2.42. The molecule has 17 heavy (non-hydrogen) atoms. The van der Waals surface area contributed by atoms with Gasteiger partial charge in [-0.25, -0.2) is 0 Å². The molecule has 2 rings (SSSR count). The molecule has 0 aliphatic carbocycles. The van der Waals surface area contributed by atoms with Gasteiger partial charge in [-0.15, -0.1) is 0 Å². The van der Waals surface area contributed by atoms with Gasteiger partial charge in [-0.1, -0.05) is 22.0 Å². The molecule has 1 aromatic rings. The van der Waals surface area contributed by atoms with Gasteiger partial charge >= 0.3 is 5.97 Å². The maximum Gasteiger partial charge on any atom is 0.303 e. The number of carbonyl (C=O) groups is 1. The number of hydrogen-bond donors (Lipinski definition) is 1. The number of carboxylic acid groups (broad SMARTS) is 1. The second-order valence-electron chi connectivity index (χ2n) is 4.63. The lowest BCUT2D eigenvalue weighted by atomic mass is 9.73. The monoisotopic (exact) mass is 298 g/mol. The van der Waals surface area contributed by atoms with Crippen LogP contribution in [0.1, 0.15) is 24.0 Å². The van der Waals surface area contributed by atoms with Gasteiger partial charge in [0.2, 0.25) is 0 Å². The fourth-order valence-corrected chi connectivity index (χ4v) is 2.66. The van der Waals surface area contributed by atoms with Crippen LogP contribution in [0.15, 0.2) is 22.7 Å². The third-order valence-electron chi connectivity index (χ3n) is 3.35. The van der Waals surface area contributed by atoms with Gasteiger partial charge in [0.05, 0.1) is 13.2 Å². The molecule has 92 valence electrons. The zero-order valence-corrected chi connectivity index (χ0v) is 11.3. The SMILES string of the molecule is Cc1ccc(Br)cc1C1(CCC(=O)O)COC1. The maximum absolute atomic E-state index is 10.7. The number of aryl methyl sites for hydroxylation is 1. The molecule has 0 amide bonds. The molecular formula is C13H15BrO3. The van der Waals surface area contributed by atoms with Gasteiger partial charge in [-0.3, -0.25) is 4.79 Å². The Labute approximate surface area is 109 Å². The summed E-state index contributed by atoms with van der Waals surface area (Å²) in [7, 11) is 0. The van der Waals surface area contributed by atoms with Crippen LogP contribution in [0.25, 0.3) is 0 Å². The summed E-state index contributed by atoms with van der Waals surface area (Å²) in [6.07, 6.45) is 0.828. The molecule has 0 spiro atoms. The Morgan fingerprint density at radius 2 is 2.24 bits per heavy atom. The lowest BCUT2D eigenvalue weighted by molar-refractivity contribution is -0.139. The summed E-state index contributed by atoms with van der Waals surface area (Å²) in [6, 6.07) is 6.14. The van der Waals surface area contributed by atoms with Crippen molar-refractivity contribution in [2.24, 2.45) is 0 Å². The molecule has 0 saturated carbocycles. The lowest BCUT2D eigenvalue weighted by Crippen LogP contribution is -2.47. The van der Waals surface area contributed by atoms with Crippen LogP contribution in [-0.2, 0) is 14.9 Å². The van der Waals surface area contributed by atoms with Crippen molar-refractivity contribution >= 4 is 21.9 Å². The first-order chi connectivity index (χ1) is 8.03. The Bertz CT molecular complexity index is 438. The van der Waals surface area contributed by atoms with Crippen molar-refractivity contribution in [2.75, 3.05) is 13.2 Å². The van der Waals surface area contributed by atoms with Crippen molar-refractivity contribution in [2.45, 2.75) is 25.2 Å². The van der Waals surface area contributed by atoms with Crippen LogP contribution < -0.4 is 0 Å². The molecule has 1 aliphatic heterocycles. The molecule has 0 unspecified atom stereocenters. The number of ether oxygens (including phenoxy) is 1. The summed E-state index contributed by atoms with van der Waals surface area (Å²) < 4.78 is 6.34. The first kappa shape index (κ1) is 12.6. The number of carboxylic acids is 1. The average Bonchev–Trinajstić information content (AvgIpc) is 2.21. The molecule has 0 bridgehead atoms. The largest absolute Gasteiger partial charge is 0.481 e. The highest BCUT2D eigenvalue weighted by molar-refractivity contribution is 9.10. The van der Waals surface area contributed by atoms with Gasteiger partial charge < -0.3 is 9.84 Å². The highest BCUT2D eigenvalue weighted by atomic mass is 79.9. The van der Waals surface area contributed by atoms with Crippen molar-refractivity contribution in [3.8, 4) is 0 Å². The molecule has 1 N–H and O–H groups in total. The van der Waals surface area contributed by atoms with Gasteiger partial charge in [0, 0.05) is 16.3 Å². The molecule has 3 nitrogen and oxygen atoms in total. The smallest absolute Gasteiger partial charge is 0.303 e. The molecule has 0 atom stereocenters. The third kappa shape index (κ3) is 2.53. The number of benzene rings is 1. The van der Waals surface area contributed by atoms with Crippen LogP contribution >= 0.6 is 15.9 Å². The summed E-state index contributed by atoms with van der Waals surface area (Å²) in [5.41, 5.74) is 2.30. The van der Waals surface area contributed by atoms with E-state index in [9.17, 15) is 4.79 Å². The Kier molecular flexibility index (Phi) is 3.54. The summed E-state index contributed by atoms with van der Waals surface area (Å²) >= 11 is 3.46. The minimum absolute atomic E-state index is 0.105. The first-order valence-corrected chi connectivity index (χ1v) is 6.39. The Morgan fingerprint density at radius 3 is 2.76 bits per heavy atom. The van der Waals surface area contributed by atoms with E-state index in [0.29, 0.717) is 19.6 Å². The Balaban J connectivity index is 2.27. The van der Waals surface area contributed by atoms with Gasteiger partial charge in [0.1, 0.15) is 0 Å². The van der Waals surface area contributed by atoms with Crippen LogP contribution in [0.4, 0.5) is 0 Å². The summed E-state index contributed by atoms with van der Waals surface area (Å²) in [4.78, 5) is 10.7. The second kappa shape index (κ2) is 4.78. The van der Waals surface area contributed by atoms with E-state index >= 15 is 0 Å². The number of aliphatic carboxylic acids is 1. The predicted octanol–water partition coefficient (Wildman–Crippen LogP) is 2.89. The van der Waals surface area contributed by atoms with Crippen LogP contribution in [-0.4, -0.2) is 24.3 Å². The number of rotatable bonds is 4. The van der Waals surface area contributed by atoms with E-state index in [1.807, 2.05) is 6.07 Å². The fraction of sp³-hybridized carbons (Fsp3) is 0.462. The Hall–Kier alpha value is -0.870. The summed E-state index contributed by atoms with van der Waals surface area (Å²) in [5, 5.41) is 8.82. The summed E-state index contributed by atoms with van der Waals surface area (Å²) in [5.74, 6) is -0.746. The van der Waals surface area contributed by atoms with Gasteiger partial charge in [0.25, 0.3) is 0 Å². The highest BCUT2D eigenvalue weighted by Gasteiger charge is 2.41. The molecule has 0 aromatic heterocycles. The van der Waals surface area contributed by atoms with Gasteiger partial charge in [-0.2, -0.15) is 0 Å². The van der Waals surface area contributed by atoms with E-state index in [-0.39, 0.29) is 11.8 Å². The van der Waals surface area contributed by atoms with Crippen molar-refractivity contribution in [1.82, 2.24) is 0 Å². The fourth-order valence-electron chi connectivity index (χ4n) is 2.29. The molecule has 4 heteroatoms. The van der Waals surface area contributed by atoms with Crippen LogP contribution in [0, 0.1) is 6.92 Å². The second-order valence-corrected chi connectivity index (χ2v) is 5.54. The summed E-state index contributed by atoms with van der Waals surface area (Å²) in [6.45, 7) is 3.30. The maximum atomic E-state index is 10.7. The standard InChI is InChI=1S/C13H15BrO3/c1-9-2-3-10(14)6-11(9)13(7-17-8-13)5-4-12(15)16/h2-3,6H,4-5,7-8H2,1H3,(H,15,16). The molecule has 1 fully saturated rings. The van der Waals surface area contributed by atoms with E-state index < -0.39 is 5.97 Å². The molecule has 1 aromatic carbocycles. The molecule has 1 aliphatic rings. The minimum Gasteiger partial charge on any atom is -0.481 e. The normalized spacial score (nSPS) is 17.5.